The van der Waals surface area contributed by atoms with Crippen LogP contribution < -0.4 is 0 Å². The van der Waals surface area contributed by atoms with Crippen LogP contribution in [0.3, 0.4) is 0 Å². The van der Waals surface area contributed by atoms with Crippen LogP contribution >= 0.6 is 15.9 Å². The summed E-state index contributed by atoms with van der Waals surface area (Å²) in [6.45, 7) is 7.21. The zero-order valence-electron chi connectivity index (χ0n) is 10.5. The van der Waals surface area contributed by atoms with E-state index in [1.54, 1.807) is 13.0 Å². The summed E-state index contributed by atoms with van der Waals surface area (Å²) >= 11 is 3.53. The largest absolute Gasteiger partial charge is 0.299 e. The van der Waals surface area contributed by atoms with E-state index in [2.05, 4.69) is 27.8 Å². The standard InChI is InChI=1S/C14H19BrFN/c1-10-3-5-17(6-4-10)9-12-8-14(16)11(2)7-13(12)15/h7-8,10H,3-6,9H2,1-2H3. The molecule has 0 spiro atoms. The van der Waals surface area contributed by atoms with Gasteiger partial charge in [-0.1, -0.05) is 22.9 Å². The van der Waals surface area contributed by atoms with Crippen LogP contribution in [0.2, 0.25) is 0 Å². The van der Waals surface area contributed by atoms with Crippen molar-refractivity contribution in [2.75, 3.05) is 13.1 Å². The van der Waals surface area contributed by atoms with Gasteiger partial charge in [-0.3, -0.25) is 4.90 Å². The molecule has 3 heteroatoms. The summed E-state index contributed by atoms with van der Waals surface area (Å²) in [6, 6.07) is 3.54. The van der Waals surface area contributed by atoms with Crippen molar-refractivity contribution < 1.29 is 4.39 Å². The van der Waals surface area contributed by atoms with E-state index in [-0.39, 0.29) is 5.82 Å². The molecule has 0 N–H and O–H groups in total. The molecule has 1 aliphatic heterocycles. The lowest BCUT2D eigenvalue weighted by Crippen LogP contribution is -2.32. The second-order valence-electron chi connectivity index (χ2n) is 5.15. The van der Waals surface area contributed by atoms with E-state index >= 15 is 0 Å². The van der Waals surface area contributed by atoms with Crippen molar-refractivity contribution in [3.8, 4) is 0 Å². The molecule has 94 valence electrons. The molecule has 0 aliphatic carbocycles. The topological polar surface area (TPSA) is 3.24 Å². The molecule has 1 fully saturated rings. The Morgan fingerprint density at radius 1 is 1.35 bits per heavy atom. The fourth-order valence-electron chi connectivity index (χ4n) is 2.27. The van der Waals surface area contributed by atoms with E-state index in [9.17, 15) is 4.39 Å². The SMILES string of the molecule is Cc1cc(Br)c(CN2CCC(C)CC2)cc1F. The van der Waals surface area contributed by atoms with Gasteiger partial charge in [0.1, 0.15) is 5.82 Å². The maximum Gasteiger partial charge on any atom is 0.126 e. The van der Waals surface area contributed by atoms with Gasteiger partial charge in [0.05, 0.1) is 0 Å². The number of hydrogen-bond donors (Lipinski definition) is 0. The Morgan fingerprint density at radius 3 is 2.65 bits per heavy atom. The van der Waals surface area contributed by atoms with Crippen LogP contribution in [0.4, 0.5) is 4.39 Å². The Morgan fingerprint density at radius 2 is 2.00 bits per heavy atom. The Bertz CT molecular complexity index is 397. The smallest absolute Gasteiger partial charge is 0.126 e. The average Bonchev–Trinajstić information content (AvgIpc) is 2.29. The van der Waals surface area contributed by atoms with Crippen molar-refractivity contribution in [3.05, 3.63) is 33.5 Å². The van der Waals surface area contributed by atoms with Crippen molar-refractivity contribution >= 4 is 15.9 Å². The summed E-state index contributed by atoms with van der Waals surface area (Å²) in [7, 11) is 0. The summed E-state index contributed by atoms with van der Waals surface area (Å²) in [6.07, 6.45) is 2.51. The van der Waals surface area contributed by atoms with Crippen LogP contribution in [0.1, 0.15) is 30.9 Å². The molecule has 0 saturated carbocycles. The first-order chi connectivity index (χ1) is 8.06. The van der Waals surface area contributed by atoms with E-state index in [1.807, 2.05) is 6.07 Å². The fourth-order valence-corrected chi connectivity index (χ4v) is 2.85. The van der Waals surface area contributed by atoms with Crippen LogP contribution in [0.15, 0.2) is 16.6 Å². The summed E-state index contributed by atoms with van der Waals surface area (Å²) in [4.78, 5) is 2.41. The maximum absolute atomic E-state index is 13.5. The van der Waals surface area contributed by atoms with Crippen molar-refractivity contribution in [3.63, 3.8) is 0 Å². The number of aryl methyl sites for hydroxylation is 1. The number of rotatable bonds is 2. The maximum atomic E-state index is 13.5. The Kier molecular flexibility index (Phi) is 4.21. The van der Waals surface area contributed by atoms with E-state index in [1.165, 1.54) is 12.8 Å². The van der Waals surface area contributed by atoms with Gasteiger partial charge in [0.2, 0.25) is 0 Å². The zero-order chi connectivity index (χ0) is 12.4. The molecule has 0 aromatic heterocycles. The number of piperidine rings is 1. The Hall–Kier alpha value is -0.410. The molecule has 1 aliphatic rings. The first-order valence-electron chi connectivity index (χ1n) is 6.23. The highest BCUT2D eigenvalue weighted by atomic mass is 79.9. The third-order valence-electron chi connectivity index (χ3n) is 3.60. The van der Waals surface area contributed by atoms with Gasteiger partial charge in [-0.15, -0.1) is 0 Å². The van der Waals surface area contributed by atoms with Gasteiger partial charge in [0.25, 0.3) is 0 Å². The lowest BCUT2D eigenvalue weighted by atomic mass is 9.99. The van der Waals surface area contributed by atoms with Gasteiger partial charge < -0.3 is 0 Å². The number of benzene rings is 1. The number of likely N-dealkylation sites (tertiary alicyclic amines) is 1. The third-order valence-corrected chi connectivity index (χ3v) is 4.34. The van der Waals surface area contributed by atoms with Gasteiger partial charge in [-0.25, -0.2) is 4.39 Å². The molecule has 2 rings (SSSR count). The van der Waals surface area contributed by atoms with E-state index in [0.29, 0.717) is 5.56 Å². The third kappa shape index (κ3) is 3.29. The molecule has 0 bridgehead atoms. The second-order valence-corrected chi connectivity index (χ2v) is 6.01. The molecule has 0 unspecified atom stereocenters. The molecular formula is C14H19BrFN. The normalized spacial score (nSPS) is 18.6. The summed E-state index contributed by atoms with van der Waals surface area (Å²) < 4.78 is 14.6. The molecule has 1 heterocycles. The number of halogens is 2. The lowest BCUT2D eigenvalue weighted by Gasteiger charge is -2.30. The molecular weight excluding hydrogens is 281 g/mol. The fraction of sp³-hybridized carbons (Fsp3) is 0.571. The molecule has 0 amide bonds. The van der Waals surface area contributed by atoms with Gasteiger partial charge >= 0.3 is 0 Å². The molecule has 1 aromatic rings. The Balaban J connectivity index is 2.06. The predicted molar refractivity (Wildman–Crippen MR) is 72.5 cm³/mol. The van der Waals surface area contributed by atoms with Gasteiger partial charge in [0.15, 0.2) is 0 Å². The zero-order valence-corrected chi connectivity index (χ0v) is 12.1. The summed E-state index contributed by atoms with van der Waals surface area (Å²) in [5.74, 6) is 0.734. The highest BCUT2D eigenvalue weighted by Gasteiger charge is 2.17. The Labute approximate surface area is 111 Å². The highest BCUT2D eigenvalue weighted by Crippen LogP contribution is 2.24. The second kappa shape index (κ2) is 5.49. The molecule has 1 aromatic carbocycles. The first-order valence-corrected chi connectivity index (χ1v) is 7.02. The molecule has 0 atom stereocenters. The summed E-state index contributed by atoms with van der Waals surface area (Å²) in [5, 5.41) is 0. The van der Waals surface area contributed by atoms with E-state index < -0.39 is 0 Å². The van der Waals surface area contributed by atoms with E-state index in [0.717, 1.165) is 35.6 Å². The van der Waals surface area contributed by atoms with Gasteiger partial charge in [-0.2, -0.15) is 0 Å². The number of nitrogens with zero attached hydrogens (tertiary/aromatic N) is 1. The van der Waals surface area contributed by atoms with Crippen molar-refractivity contribution in [2.24, 2.45) is 5.92 Å². The molecule has 17 heavy (non-hydrogen) atoms. The van der Waals surface area contributed by atoms with Crippen LogP contribution in [0.5, 0.6) is 0 Å². The highest BCUT2D eigenvalue weighted by molar-refractivity contribution is 9.10. The van der Waals surface area contributed by atoms with Crippen LogP contribution in [0.25, 0.3) is 0 Å². The van der Waals surface area contributed by atoms with Crippen molar-refractivity contribution in [2.45, 2.75) is 33.2 Å². The first kappa shape index (κ1) is 13.0. The molecule has 1 saturated heterocycles. The van der Waals surface area contributed by atoms with E-state index in [4.69, 9.17) is 0 Å². The molecule has 1 nitrogen and oxygen atoms in total. The van der Waals surface area contributed by atoms with Gasteiger partial charge in [-0.05, 0) is 62.0 Å². The minimum Gasteiger partial charge on any atom is -0.299 e. The van der Waals surface area contributed by atoms with Crippen LogP contribution in [-0.4, -0.2) is 18.0 Å². The number of hydrogen-bond acceptors (Lipinski definition) is 1. The van der Waals surface area contributed by atoms with Gasteiger partial charge in [0, 0.05) is 11.0 Å². The minimum atomic E-state index is -0.103. The monoisotopic (exact) mass is 299 g/mol. The van der Waals surface area contributed by atoms with Crippen LogP contribution in [-0.2, 0) is 6.54 Å². The average molecular weight is 300 g/mol. The minimum absolute atomic E-state index is 0.103. The predicted octanol–water partition coefficient (Wildman–Crippen LogP) is 4.13. The lowest BCUT2D eigenvalue weighted by molar-refractivity contribution is 0.185. The summed E-state index contributed by atoms with van der Waals surface area (Å²) in [5.41, 5.74) is 1.76. The van der Waals surface area contributed by atoms with Crippen molar-refractivity contribution in [1.29, 1.82) is 0 Å². The quantitative estimate of drug-likeness (QED) is 0.794. The van der Waals surface area contributed by atoms with Crippen molar-refractivity contribution in [1.82, 2.24) is 4.90 Å². The molecule has 0 radical (unpaired) electrons. The van der Waals surface area contributed by atoms with Crippen LogP contribution in [0, 0.1) is 18.7 Å².